The lowest BCUT2D eigenvalue weighted by Gasteiger charge is -2.20. The molecule has 0 radical (unpaired) electrons. The Balaban J connectivity index is 1.32. The van der Waals surface area contributed by atoms with Crippen molar-refractivity contribution in [3.63, 3.8) is 0 Å². The number of hydrogen-bond acceptors (Lipinski definition) is 7. The third-order valence-electron chi connectivity index (χ3n) is 4.39. The molecule has 2 aliphatic rings. The van der Waals surface area contributed by atoms with Crippen molar-refractivity contribution >= 4 is 6.03 Å². The van der Waals surface area contributed by atoms with E-state index in [-0.39, 0.29) is 19.4 Å². The first kappa shape index (κ1) is 16.6. The first-order valence-electron chi connectivity index (χ1n) is 8.48. The zero-order chi connectivity index (χ0) is 17.9. The number of fused-ring (bicyclic) bond motifs is 1. The summed E-state index contributed by atoms with van der Waals surface area (Å²) < 4.78 is 21.2. The topological polar surface area (TPSA) is 99.0 Å². The summed E-state index contributed by atoms with van der Waals surface area (Å²) in [6, 6.07) is 5.23. The fraction of sp³-hybridized carbons (Fsp3) is 0.471. The van der Waals surface area contributed by atoms with Gasteiger partial charge >= 0.3 is 6.03 Å². The number of amides is 2. The number of benzene rings is 1. The summed E-state index contributed by atoms with van der Waals surface area (Å²) in [5, 5.41) is 6.70. The highest BCUT2D eigenvalue weighted by atomic mass is 16.7. The van der Waals surface area contributed by atoms with Crippen LogP contribution in [0, 0.1) is 5.92 Å². The Morgan fingerprint density at radius 2 is 2.23 bits per heavy atom. The Labute approximate surface area is 150 Å². The van der Waals surface area contributed by atoms with Crippen LogP contribution >= 0.6 is 0 Å². The van der Waals surface area contributed by atoms with Crippen molar-refractivity contribution in [3.8, 4) is 23.0 Å². The number of aromatic nitrogens is 2. The molecule has 2 aromatic rings. The number of rotatable bonds is 5. The fourth-order valence-electron chi connectivity index (χ4n) is 2.96. The monoisotopic (exact) mass is 360 g/mol. The molecule has 0 saturated carbocycles. The molecule has 2 aliphatic heterocycles. The SMILES string of the molecule is CN(C[C@@H]1CCOC1)C(=O)NCc1noc(-c2ccc3c(c2)OCO3)n1. The molecule has 9 heteroatoms. The molecule has 1 saturated heterocycles. The molecule has 0 bridgehead atoms. The van der Waals surface area contributed by atoms with Gasteiger partial charge in [0, 0.05) is 31.7 Å². The van der Waals surface area contributed by atoms with Gasteiger partial charge in [-0.3, -0.25) is 0 Å². The quantitative estimate of drug-likeness (QED) is 0.865. The van der Waals surface area contributed by atoms with Gasteiger partial charge in [0.2, 0.25) is 6.79 Å². The van der Waals surface area contributed by atoms with Crippen molar-refractivity contribution in [3.05, 3.63) is 24.0 Å². The van der Waals surface area contributed by atoms with Gasteiger partial charge in [0.15, 0.2) is 17.3 Å². The molecular formula is C17H20N4O5. The molecule has 9 nitrogen and oxygen atoms in total. The molecule has 1 N–H and O–H groups in total. The van der Waals surface area contributed by atoms with E-state index in [1.807, 2.05) is 6.07 Å². The fourth-order valence-corrected chi connectivity index (χ4v) is 2.96. The molecule has 4 rings (SSSR count). The minimum atomic E-state index is -0.175. The molecule has 1 atom stereocenters. The van der Waals surface area contributed by atoms with E-state index in [1.165, 1.54) is 0 Å². The first-order valence-corrected chi connectivity index (χ1v) is 8.48. The Hall–Kier alpha value is -2.81. The van der Waals surface area contributed by atoms with E-state index in [4.69, 9.17) is 18.7 Å². The number of carbonyl (C=O) groups excluding carboxylic acids is 1. The number of hydrogen-bond donors (Lipinski definition) is 1. The smallest absolute Gasteiger partial charge is 0.317 e. The second-order valence-corrected chi connectivity index (χ2v) is 6.35. The average molecular weight is 360 g/mol. The Morgan fingerprint density at radius 1 is 1.35 bits per heavy atom. The van der Waals surface area contributed by atoms with Gasteiger partial charge in [0.05, 0.1) is 13.2 Å². The average Bonchev–Trinajstić information content (AvgIpc) is 3.39. The number of nitrogens with zero attached hydrogens (tertiary/aromatic N) is 3. The zero-order valence-electron chi connectivity index (χ0n) is 14.4. The lowest BCUT2D eigenvalue weighted by Crippen LogP contribution is -2.39. The highest BCUT2D eigenvalue weighted by Crippen LogP contribution is 2.35. The van der Waals surface area contributed by atoms with Crippen LogP contribution in [0.25, 0.3) is 11.5 Å². The minimum absolute atomic E-state index is 0.175. The highest BCUT2D eigenvalue weighted by molar-refractivity contribution is 5.73. The standard InChI is InChI=1S/C17H20N4O5/c1-21(8-11-4-5-23-9-11)17(22)18-7-15-19-16(26-20-15)12-2-3-13-14(6-12)25-10-24-13/h2-3,6,11H,4-5,7-10H2,1H3,(H,18,22)/t11-/m0/s1. The van der Waals surface area contributed by atoms with Gasteiger partial charge in [-0.25, -0.2) is 4.79 Å². The van der Waals surface area contributed by atoms with Crippen LogP contribution in [0.15, 0.2) is 22.7 Å². The second kappa shape index (κ2) is 7.20. The summed E-state index contributed by atoms with van der Waals surface area (Å²) in [6.07, 6.45) is 0.987. The Bertz CT molecular complexity index is 787. The number of nitrogens with one attached hydrogen (secondary N) is 1. The molecule has 3 heterocycles. The molecule has 26 heavy (non-hydrogen) atoms. The van der Waals surface area contributed by atoms with Crippen LogP contribution < -0.4 is 14.8 Å². The maximum Gasteiger partial charge on any atom is 0.317 e. The van der Waals surface area contributed by atoms with Crippen LogP contribution in [0.2, 0.25) is 0 Å². The largest absolute Gasteiger partial charge is 0.454 e. The third-order valence-corrected chi connectivity index (χ3v) is 4.39. The van der Waals surface area contributed by atoms with Crippen LogP contribution in [0.4, 0.5) is 4.79 Å². The van der Waals surface area contributed by atoms with E-state index in [2.05, 4.69) is 15.5 Å². The van der Waals surface area contributed by atoms with E-state index >= 15 is 0 Å². The number of urea groups is 1. The summed E-state index contributed by atoms with van der Waals surface area (Å²) in [5.41, 5.74) is 0.734. The molecule has 2 amide bonds. The van der Waals surface area contributed by atoms with Gasteiger partial charge in [-0.1, -0.05) is 5.16 Å². The molecule has 0 spiro atoms. The number of carbonyl (C=O) groups is 1. The molecule has 0 unspecified atom stereocenters. The van der Waals surface area contributed by atoms with Crippen molar-refractivity contribution in [1.82, 2.24) is 20.4 Å². The van der Waals surface area contributed by atoms with Crippen molar-refractivity contribution in [2.75, 3.05) is 33.6 Å². The maximum atomic E-state index is 12.2. The highest BCUT2D eigenvalue weighted by Gasteiger charge is 2.21. The van der Waals surface area contributed by atoms with Crippen molar-refractivity contribution in [2.45, 2.75) is 13.0 Å². The van der Waals surface area contributed by atoms with E-state index in [9.17, 15) is 4.79 Å². The van der Waals surface area contributed by atoms with E-state index in [0.29, 0.717) is 42.3 Å². The van der Waals surface area contributed by atoms with Crippen molar-refractivity contribution in [1.29, 1.82) is 0 Å². The van der Waals surface area contributed by atoms with Gasteiger partial charge in [-0.05, 0) is 24.6 Å². The van der Waals surface area contributed by atoms with Crippen molar-refractivity contribution in [2.24, 2.45) is 5.92 Å². The zero-order valence-corrected chi connectivity index (χ0v) is 14.4. The van der Waals surface area contributed by atoms with Gasteiger partial charge < -0.3 is 29.0 Å². The summed E-state index contributed by atoms with van der Waals surface area (Å²) >= 11 is 0. The van der Waals surface area contributed by atoms with Crippen LogP contribution in [0.3, 0.4) is 0 Å². The maximum absolute atomic E-state index is 12.2. The second-order valence-electron chi connectivity index (χ2n) is 6.35. The predicted molar refractivity (Wildman–Crippen MR) is 89.6 cm³/mol. The molecule has 1 aromatic heterocycles. The van der Waals surface area contributed by atoms with Gasteiger partial charge in [0.1, 0.15) is 0 Å². The Morgan fingerprint density at radius 3 is 3.08 bits per heavy atom. The molecule has 138 valence electrons. The van der Waals surface area contributed by atoms with Gasteiger partial charge in [-0.15, -0.1) is 0 Å². The third kappa shape index (κ3) is 3.57. The lowest BCUT2D eigenvalue weighted by atomic mass is 10.1. The molecule has 1 aromatic carbocycles. The summed E-state index contributed by atoms with van der Waals surface area (Å²) in [6.45, 7) is 2.55. The Kier molecular flexibility index (Phi) is 4.61. The predicted octanol–water partition coefficient (Wildman–Crippen LogP) is 1.64. The molecule has 1 fully saturated rings. The molecule has 0 aliphatic carbocycles. The van der Waals surface area contributed by atoms with E-state index in [1.54, 1.807) is 24.1 Å². The van der Waals surface area contributed by atoms with Crippen LogP contribution in [-0.4, -0.2) is 54.7 Å². The summed E-state index contributed by atoms with van der Waals surface area (Å²) in [7, 11) is 1.77. The van der Waals surface area contributed by atoms with Crippen LogP contribution in [0.1, 0.15) is 12.2 Å². The molecular weight excluding hydrogens is 340 g/mol. The van der Waals surface area contributed by atoms with Gasteiger partial charge in [-0.2, -0.15) is 4.98 Å². The van der Waals surface area contributed by atoms with Crippen LogP contribution in [-0.2, 0) is 11.3 Å². The van der Waals surface area contributed by atoms with Crippen molar-refractivity contribution < 1.29 is 23.5 Å². The minimum Gasteiger partial charge on any atom is -0.454 e. The summed E-state index contributed by atoms with van der Waals surface area (Å²) in [4.78, 5) is 18.1. The van der Waals surface area contributed by atoms with Gasteiger partial charge in [0.25, 0.3) is 5.89 Å². The summed E-state index contributed by atoms with van der Waals surface area (Å²) in [5.74, 6) is 2.51. The van der Waals surface area contributed by atoms with Crippen LogP contribution in [0.5, 0.6) is 11.5 Å². The lowest BCUT2D eigenvalue weighted by molar-refractivity contribution is 0.171. The normalized spacial score (nSPS) is 18.1. The van der Waals surface area contributed by atoms with E-state index < -0.39 is 0 Å². The van der Waals surface area contributed by atoms with E-state index in [0.717, 1.165) is 18.6 Å². The first-order chi connectivity index (χ1) is 12.7. The number of ether oxygens (including phenoxy) is 3.